The van der Waals surface area contributed by atoms with Crippen molar-refractivity contribution in [2.75, 3.05) is 7.11 Å². The Balaban J connectivity index is 1.43. The third-order valence-electron chi connectivity index (χ3n) is 4.84. The number of methoxy groups -OCH3 is 1. The van der Waals surface area contributed by atoms with Crippen LogP contribution >= 0.6 is 0 Å². The van der Waals surface area contributed by atoms with E-state index in [0.717, 1.165) is 40.4 Å². The van der Waals surface area contributed by atoms with E-state index in [0.29, 0.717) is 11.1 Å². The van der Waals surface area contributed by atoms with E-state index in [1.807, 2.05) is 42.5 Å². The largest absolute Gasteiger partial charge is 0.497 e. The number of nitrogens with one attached hydrogen (secondary N) is 2. The van der Waals surface area contributed by atoms with E-state index < -0.39 is 11.6 Å². The van der Waals surface area contributed by atoms with E-state index in [1.54, 1.807) is 19.2 Å². The lowest BCUT2D eigenvalue weighted by Gasteiger charge is -2.06. The van der Waals surface area contributed by atoms with E-state index in [2.05, 4.69) is 15.5 Å². The zero-order valence-corrected chi connectivity index (χ0v) is 16.7. The quantitative estimate of drug-likeness (QED) is 0.464. The summed E-state index contributed by atoms with van der Waals surface area (Å²) < 4.78 is 31.5. The third-order valence-corrected chi connectivity index (χ3v) is 4.84. The lowest BCUT2D eigenvalue weighted by molar-refractivity contribution is 0.0951. The first kappa shape index (κ1) is 20.3. The second-order valence-corrected chi connectivity index (χ2v) is 6.91. The standard InChI is InChI=1S/C24H19F2N3O2/c1-31-19-4-2-3-18(12-19)23-13-22(28-29-23)16-6-8-17(9-7-16)24(30)27-14-15-5-10-20(25)21(26)11-15/h2-13H,14H2,1H3,(H,27,30)(H,28,29). The Morgan fingerprint density at radius 1 is 0.968 bits per heavy atom. The molecule has 0 spiro atoms. The van der Waals surface area contributed by atoms with Crippen LogP contribution in [0.1, 0.15) is 15.9 Å². The molecule has 156 valence electrons. The number of nitrogens with zero attached hydrogens (tertiary/aromatic N) is 1. The zero-order valence-electron chi connectivity index (χ0n) is 16.7. The SMILES string of the molecule is COc1cccc(-c2cc(-c3ccc(C(=O)NCc4ccc(F)c(F)c4)cc3)[nH]n2)c1. The lowest BCUT2D eigenvalue weighted by atomic mass is 10.1. The Hall–Kier alpha value is -4.00. The molecular weight excluding hydrogens is 400 g/mol. The van der Waals surface area contributed by atoms with Crippen LogP contribution in [0.15, 0.2) is 72.8 Å². The third kappa shape index (κ3) is 4.61. The molecular formula is C24H19F2N3O2. The average Bonchev–Trinajstić information content (AvgIpc) is 3.30. The van der Waals surface area contributed by atoms with Crippen molar-refractivity contribution in [2.24, 2.45) is 0 Å². The summed E-state index contributed by atoms with van der Waals surface area (Å²) in [4.78, 5) is 12.4. The highest BCUT2D eigenvalue weighted by molar-refractivity contribution is 5.94. The first-order chi connectivity index (χ1) is 15.0. The molecule has 3 aromatic carbocycles. The molecule has 0 saturated heterocycles. The number of amides is 1. The number of aromatic nitrogens is 2. The van der Waals surface area contributed by atoms with Gasteiger partial charge >= 0.3 is 0 Å². The van der Waals surface area contributed by atoms with Gasteiger partial charge < -0.3 is 10.1 Å². The minimum atomic E-state index is -0.941. The number of aromatic amines is 1. The Kier molecular flexibility index (Phi) is 5.75. The predicted molar refractivity (Wildman–Crippen MR) is 114 cm³/mol. The molecule has 1 aromatic heterocycles. The number of carbonyl (C=O) groups is 1. The highest BCUT2D eigenvalue weighted by Crippen LogP contribution is 2.26. The molecule has 4 aromatic rings. The van der Waals surface area contributed by atoms with Crippen molar-refractivity contribution in [1.82, 2.24) is 15.5 Å². The van der Waals surface area contributed by atoms with Gasteiger partial charge in [-0.05, 0) is 53.6 Å². The van der Waals surface area contributed by atoms with Crippen LogP contribution in [0.3, 0.4) is 0 Å². The minimum absolute atomic E-state index is 0.0994. The maximum atomic E-state index is 13.3. The summed E-state index contributed by atoms with van der Waals surface area (Å²) >= 11 is 0. The number of benzene rings is 3. The van der Waals surface area contributed by atoms with Crippen LogP contribution in [0.4, 0.5) is 8.78 Å². The molecule has 1 heterocycles. The van der Waals surface area contributed by atoms with Gasteiger partial charge in [-0.25, -0.2) is 8.78 Å². The van der Waals surface area contributed by atoms with E-state index in [4.69, 9.17) is 4.74 Å². The first-order valence-corrected chi connectivity index (χ1v) is 9.56. The summed E-state index contributed by atoms with van der Waals surface area (Å²) in [6, 6.07) is 20.1. The van der Waals surface area contributed by atoms with E-state index in [1.165, 1.54) is 6.07 Å². The molecule has 0 atom stereocenters. The normalized spacial score (nSPS) is 10.7. The summed E-state index contributed by atoms with van der Waals surface area (Å²) in [7, 11) is 1.62. The Bertz CT molecular complexity index is 1220. The summed E-state index contributed by atoms with van der Waals surface area (Å²) in [5.41, 5.74) is 4.33. The average molecular weight is 419 g/mol. The molecule has 0 radical (unpaired) electrons. The second kappa shape index (κ2) is 8.79. The van der Waals surface area contributed by atoms with E-state index >= 15 is 0 Å². The van der Waals surface area contributed by atoms with Crippen molar-refractivity contribution >= 4 is 5.91 Å². The smallest absolute Gasteiger partial charge is 0.251 e. The minimum Gasteiger partial charge on any atom is -0.497 e. The molecule has 1 amide bonds. The van der Waals surface area contributed by atoms with Crippen LogP contribution in [-0.2, 0) is 6.54 Å². The lowest BCUT2D eigenvalue weighted by Crippen LogP contribution is -2.22. The summed E-state index contributed by atoms with van der Waals surface area (Å²) in [6.07, 6.45) is 0. The zero-order chi connectivity index (χ0) is 21.8. The van der Waals surface area contributed by atoms with Crippen molar-refractivity contribution in [2.45, 2.75) is 6.54 Å². The number of H-pyrrole nitrogens is 1. The predicted octanol–water partition coefficient (Wildman–Crippen LogP) is 4.96. The monoisotopic (exact) mass is 419 g/mol. The van der Waals surface area contributed by atoms with Crippen LogP contribution in [0, 0.1) is 11.6 Å². The van der Waals surface area contributed by atoms with Gasteiger partial charge in [0.2, 0.25) is 0 Å². The van der Waals surface area contributed by atoms with Crippen molar-refractivity contribution in [3.63, 3.8) is 0 Å². The fourth-order valence-corrected chi connectivity index (χ4v) is 3.14. The van der Waals surface area contributed by atoms with Gasteiger partial charge in [-0.3, -0.25) is 9.89 Å². The highest BCUT2D eigenvalue weighted by atomic mass is 19.2. The molecule has 2 N–H and O–H groups in total. The van der Waals surface area contributed by atoms with Gasteiger partial charge in [0, 0.05) is 17.7 Å². The molecule has 0 aliphatic heterocycles. The fourth-order valence-electron chi connectivity index (χ4n) is 3.14. The van der Waals surface area contributed by atoms with Crippen molar-refractivity contribution in [3.8, 4) is 28.3 Å². The Morgan fingerprint density at radius 2 is 1.77 bits per heavy atom. The first-order valence-electron chi connectivity index (χ1n) is 9.56. The Morgan fingerprint density at radius 3 is 2.52 bits per heavy atom. The maximum Gasteiger partial charge on any atom is 0.251 e. The number of halogens is 2. The van der Waals surface area contributed by atoms with Gasteiger partial charge in [0.15, 0.2) is 11.6 Å². The Labute approximate surface area is 177 Å². The number of rotatable bonds is 6. The summed E-state index contributed by atoms with van der Waals surface area (Å²) in [6.45, 7) is 0.0994. The molecule has 31 heavy (non-hydrogen) atoms. The van der Waals surface area contributed by atoms with Gasteiger partial charge in [0.05, 0.1) is 18.5 Å². The number of ether oxygens (including phenoxy) is 1. The van der Waals surface area contributed by atoms with Crippen LogP contribution in [0.5, 0.6) is 5.75 Å². The van der Waals surface area contributed by atoms with Crippen LogP contribution in [-0.4, -0.2) is 23.2 Å². The van der Waals surface area contributed by atoms with Gasteiger partial charge in [-0.1, -0.05) is 30.3 Å². The van der Waals surface area contributed by atoms with Crippen molar-refractivity contribution in [3.05, 3.63) is 95.6 Å². The maximum absolute atomic E-state index is 13.3. The highest BCUT2D eigenvalue weighted by Gasteiger charge is 2.10. The van der Waals surface area contributed by atoms with E-state index in [-0.39, 0.29) is 12.5 Å². The van der Waals surface area contributed by atoms with Crippen LogP contribution < -0.4 is 10.1 Å². The number of hydrogen-bond acceptors (Lipinski definition) is 3. The second-order valence-electron chi connectivity index (χ2n) is 6.91. The summed E-state index contributed by atoms with van der Waals surface area (Å²) in [5.74, 6) is -1.42. The fraction of sp³-hybridized carbons (Fsp3) is 0.0833. The molecule has 0 fully saturated rings. The van der Waals surface area contributed by atoms with E-state index in [9.17, 15) is 13.6 Å². The molecule has 0 unspecified atom stereocenters. The van der Waals surface area contributed by atoms with Gasteiger partial charge in [0.25, 0.3) is 5.91 Å². The number of carbonyl (C=O) groups excluding carboxylic acids is 1. The van der Waals surface area contributed by atoms with Crippen LogP contribution in [0.2, 0.25) is 0 Å². The van der Waals surface area contributed by atoms with Gasteiger partial charge in [0.1, 0.15) is 5.75 Å². The van der Waals surface area contributed by atoms with Gasteiger partial charge in [-0.2, -0.15) is 5.10 Å². The molecule has 0 aliphatic rings. The summed E-state index contributed by atoms with van der Waals surface area (Å²) in [5, 5.41) is 10.1. The van der Waals surface area contributed by atoms with Crippen molar-refractivity contribution < 1.29 is 18.3 Å². The molecule has 0 aliphatic carbocycles. The topological polar surface area (TPSA) is 67.0 Å². The molecule has 4 rings (SSSR count). The van der Waals surface area contributed by atoms with Crippen molar-refractivity contribution in [1.29, 1.82) is 0 Å². The number of hydrogen-bond donors (Lipinski definition) is 2. The molecule has 0 bridgehead atoms. The molecule has 0 saturated carbocycles. The molecule has 5 nitrogen and oxygen atoms in total. The molecule has 7 heteroatoms. The van der Waals surface area contributed by atoms with Crippen LogP contribution in [0.25, 0.3) is 22.5 Å². The van der Waals surface area contributed by atoms with Gasteiger partial charge in [-0.15, -0.1) is 0 Å².